The standard InChI is InChI=1S/C35H40N4/c1-6-30-26-39(25-27(2)20-21-28(3)33-19-13-14-23-36-33)24-22-34(30)37-29(4)38(5)35(31-15-9-7-10-16-31)32-17-11-8-12-18-32/h6-21,23,35H,1,22,24-26H2,2-5H3/b27-20+,28-21+,37-29?. The molecule has 0 spiro atoms. The summed E-state index contributed by atoms with van der Waals surface area (Å²) < 4.78 is 0. The fourth-order valence-corrected chi connectivity index (χ4v) is 5.01. The lowest BCUT2D eigenvalue weighted by Gasteiger charge is -2.32. The highest BCUT2D eigenvalue weighted by Gasteiger charge is 2.22. The summed E-state index contributed by atoms with van der Waals surface area (Å²) in [7, 11) is 2.14. The van der Waals surface area contributed by atoms with Crippen LogP contribution in [0.25, 0.3) is 5.57 Å². The van der Waals surface area contributed by atoms with E-state index in [1.165, 1.54) is 27.8 Å². The first-order valence-corrected chi connectivity index (χ1v) is 13.7. The van der Waals surface area contributed by atoms with Crippen molar-refractivity contribution in [1.29, 1.82) is 0 Å². The van der Waals surface area contributed by atoms with Crippen LogP contribution in [0.15, 0.2) is 132 Å². The Bertz CT molecular complexity index is 1310. The first-order valence-electron chi connectivity index (χ1n) is 13.7. The monoisotopic (exact) mass is 516 g/mol. The summed E-state index contributed by atoms with van der Waals surface area (Å²) in [5.41, 5.74) is 8.36. The summed E-state index contributed by atoms with van der Waals surface area (Å²) in [6.45, 7) is 13.3. The number of hydrogen-bond acceptors (Lipinski definition) is 3. The van der Waals surface area contributed by atoms with Crippen molar-refractivity contribution in [3.8, 4) is 0 Å². The van der Waals surface area contributed by atoms with Gasteiger partial charge in [-0.05, 0) is 55.2 Å². The molecule has 200 valence electrons. The van der Waals surface area contributed by atoms with Crippen molar-refractivity contribution in [2.24, 2.45) is 4.99 Å². The maximum atomic E-state index is 5.16. The first-order chi connectivity index (χ1) is 19.0. The van der Waals surface area contributed by atoms with E-state index in [1.807, 2.05) is 30.5 Å². The Morgan fingerprint density at radius 3 is 2.18 bits per heavy atom. The molecule has 2 heterocycles. The van der Waals surface area contributed by atoms with Gasteiger partial charge in [0, 0.05) is 45.0 Å². The number of pyridine rings is 1. The lowest BCUT2D eigenvalue weighted by molar-refractivity contribution is 0.310. The number of aromatic nitrogens is 1. The molecule has 0 unspecified atom stereocenters. The molecule has 0 amide bonds. The maximum absolute atomic E-state index is 5.16. The van der Waals surface area contributed by atoms with Crippen LogP contribution < -0.4 is 0 Å². The molecule has 3 aromatic rings. The van der Waals surface area contributed by atoms with Gasteiger partial charge < -0.3 is 4.90 Å². The summed E-state index contributed by atoms with van der Waals surface area (Å²) in [5, 5.41) is 0. The average molecular weight is 517 g/mol. The third-order valence-electron chi connectivity index (χ3n) is 7.26. The first kappa shape index (κ1) is 28.0. The Labute approximate surface area is 234 Å². The van der Waals surface area contributed by atoms with Crippen LogP contribution in [0, 0.1) is 0 Å². The fraction of sp³-hybridized carbons (Fsp3) is 0.257. The molecule has 1 aliphatic heterocycles. The molecule has 39 heavy (non-hydrogen) atoms. The molecule has 1 aliphatic rings. The zero-order chi connectivity index (χ0) is 27.6. The molecule has 0 N–H and O–H groups in total. The number of rotatable bonds is 9. The number of benzene rings is 2. The molecule has 1 aromatic heterocycles. The predicted octanol–water partition coefficient (Wildman–Crippen LogP) is 7.72. The van der Waals surface area contributed by atoms with Crippen LogP contribution in [0.1, 0.15) is 50.1 Å². The van der Waals surface area contributed by atoms with Gasteiger partial charge in [-0.3, -0.25) is 9.88 Å². The lowest BCUT2D eigenvalue weighted by Crippen LogP contribution is -2.34. The lowest BCUT2D eigenvalue weighted by atomic mass is 9.97. The molecule has 0 fully saturated rings. The molecule has 0 radical (unpaired) electrons. The summed E-state index contributed by atoms with van der Waals surface area (Å²) >= 11 is 0. The van der Waals surface area contributed by atoms with Gasteiger partial charge in [0.15, 0.2) is 0 Å². The number of allylic oxidation sites excluding steroid dienone is 3. The number of hydrogen-bond donors (Lipinski definition) is 0. The van der Waals surface area contributed by atoms with Gasteiger partial charge in [0.05, 0.1) is 11.7 Å². The summed E-state index contributed by atoms with van der Waals surface area (Å²) in [4.78, 5) is 14.4. The molecule has 0 aliphatic carbocycles. The summed E-state index contributed by atoms with van der Waals surface area (Å²) in [6, 6.07) is 27.4. The fourth-order valence-electron chi connectivity index (χ4n) is 5.01. The third-order valence-corrected chi connectivity index (χ3v) is 7.26. The van der Waals surface area contributed by atoms with Gasteiger partial charge in [-0.2, -0.15) is 0 Å². The normalized spacial score (nSPS) is 15.6. The molecule has 4 rings (SSSR count). The zero-order valence-corrected chi connectivity index (χ0v) is 23.7. The van der Waals surface area contributed by atoms with Crippen LogP contribution in [0.5, 0.6) is 0 Å². The van der Waals surface area contributed by atoms with Crippen LogP contribution in [0.4, 0.5) is 0 Å². The Morgan fingerprint density at radius 1 is 0.949 bits per heavy atom. The van der Waals surface area contributed by atoms with E-state index >= 15 is 0 Å². The molecule has 0 atom stereocenters. The highest BCUT2D eigenvalue weighted by Crippen LogP contribution is 2.29. The molecule has 0 saturated carbocycles. The van der Waals surface area contributed by atoms with E-state index in [0.29, 0.717) is 0 Å². The second-order valence-electron chi connectivity index (χ2n) is 10.2. The predicted molar refractivity (Wildman–Crippen MR) is 166 cm³/mol. The van der Waals surface area contributed by atoms with Crippen LogP contribution in [-0.2, 0) is 0 Å². The van der Waals surface area contributed by atoms with Crippen molar-refractivity contribution in [2.45, 2.75) is 33.2 Å². The van der Waals surface area contributed by atoms with Crippen molar-refractivity contribution >= 4 is 11.4 Å². The SMILES string of the molecule is C=CC1=C(N=C(C)N(C)C(c2ccccc2)c2ccccc2)CCN(C/C(C)=C/C=C(\C)c2ccccn2)C1. The van der Waals surface area contributed by atoms with E-state index in [-0.39, 0.29) is 6.04 Å². The number of aliphatic imine (C=N–C) groups is 1. The van der Waals surface area contributed by atoms with Crippen LogP contribution in [-0.4, -0.2) is 47.3 Å². The number of nitrogens with zero attached hydrogens (tertiary/aromatic N) is 4. The highest BCUT2D eigenvalue weighted by molar-refractivity contribution is 5.81. The minimum absolute atomic E-state index is 0.0967. The average Bonchev–Trinajstić information content (AvgIpc) is 2.98. The van der Waals surface area contributed by atoms with Crippen molar-refractivity contribution in [3.63, 3.8) is 0 Å². The molecule has 4 heteroatoms. The van der Waals surface area contributed by atoms with E-state index < -0.39 is 0 Å². The van der Waals surface area contributed by atoms with Gasteiger partial charge in [-0.1, -0.05) is 97.1 Å². The minimum Gasteiger partial charge on any atom is -0.352 e. The van der Waals surface area contributed by atoms with E-state index in [2.05, 4.69) is 122 Å². The molecular formula is C35H40N4. The topological polar surface area (TPSA) is 31.7 Å². The second kappa shape index (κ2) is 13.7. The summed E-state index contributed by atoms with van der Waals surface area (Å²) in [5.74, 6) is 1.00. The Hall–Kier alpha value is -4.02. The van der Waals surface area contributed by atoms with Gasteiger partial charge in [0.25, 0.3) is 0 Å². The van der Waals surface area contributed by atoms with E-state index in [0.717, 1.165) is 43.3 Å². The Kier molecular flexibility index (Phi) is 9.82. The van der Waals surface area contributed by atoms with Crippen molar-refractivity contribution < 1.29 is 0 Å². The smallest absolute Gasteiger partial charge is 0.102 e. The van der Waals surface area contributed by atoms with E-state index in [9.17, 15) is 0 Å². The van der Waals surface area contributed by atoms with Crippen molar-refractivity contribution in [1.82, 2.24) is 14.8 Å². The van der Waals surface area contributed by atoms with Gasteiger partial charge in [-0.25, -0.2) is 4.99 Å². The quantitative estimate of drug-likeness (QED) is 0.166. The molecule has 2 aromatic carbocycles. The van der Waals surface area contributed by atoms with E-state index in [1.54, 1.807) is 0 Å². The van der Waals surface area contributed by atoms with Gasteiger partial charge >= 0.3 is 0 Å². The molecular weight excluding hydrogens is 476 g/mol. The van der Waals surface area contributed by atoms with Crippen LogP contribution >= 0.6 is 0 Å². The Morgan fingerprint density at radius 2 is 1.59 bits per heavy atom. The van der Waals surface area contributed by atoms with Gasteiger partial charge in [-0.15, -0.1) is 0 Å². The van der Waals surface area contributed by atoms with E-state index in [4.69, 9.17) is 4.99 Å². The highest BCUT2D eigenvalue weighted by atomic mass is 15.2. The maximum Gasteiger partial charge on any atom is 0.102 e. The van der Waals surface area contributed by atoms with Crippen molar-refractivity contribution in [3.05, 3.63) is 144 Å². The third kappa shape index (κ3) is 7.52. The van der Waals surface area contributed by atoms with Crippen LogP contribution in [0.3, 0.4) is 0 Å². The Balaban J connectivity index is 1.48. The largest absolute Gasteiger partial charge is 0.352 e. The number of amidine groups is 1. The molecule has 0 saturated heterocycles. The van der Waals surface area contributed by atoms with Gasteiger partial charge in [0.2, 0.25) is 0 Å². The molecule has 0 bridgehead atoms. The second-order valence-corrected chi connectivity index (χ2v) is 10.2. The van der Waals surface area contributed by atoms with Crippen molar-refractivity contribution in [2.75, 3.05) is 26.7 Å². The van der Waals surface area contributed by atoms with Crippen LogP contribution in [0.2, 0.25) is 0 Å². The molecule has 4 nitrogen and oxygen atoms in total. The van der Waals surface area contributed by atoms with Gasteiger partial charge in [0.1, 0.15) is 5.84 Å². The summed E-state index contributed by atoms with van der Waals surface area (Å²) in [6.07, 6.45) is 9.10. The zero-order valence-electron chi connectivity index (χ0n) is 23.7. The minimum atomic E-state index is 0.0967.